The zero-order chi connectivity index (χ0) is 22.1. The van der Waals surface area contributed by atoms with E-state index in [9.17, 15) is 21.6 Å². The summed E-state index contributed by atoms with van der Waals surface area (Å²) < 4.78 is 54.2. The minimum absolute atomic E-state index is 0.0890. The van der Waals surface area contributed by atoms with Gasteiger partial charge in [0.25, 0.3) is 0 Å². The number of aryl methyl sites for hydroxylation is 1. The molecule has 1 aromatic heterocycles. The van der Waals surface area contributed by atoms with Crippen molar-refractivity contribution in [3.05, 3.63) is 57.7 Å². The number of aromatic nitrogens is 1. The Hall–Kier alpha value is -2.01. The Bertz CT molecular complexity index is 1320. The monoisotopic (exact) mass is 468 g/mol. The van der Waals surface area contributed by atoms with Crippen molar-refractivity contribution in [3.63, 3.8) is 0 Å². The van der Waals surface area contributed by atoms with E-state index in [0.717, 1.165) is 29.5 Å². The number of rotatable bonds is 8. The van der Waals surface area contributed by atoms with Crippen LogP contribution in [0.2, 0.25) is 0 Å². The van der Waals surface area contributed by atoms with Gasteiger partial charge in [0, 0.05) is 18.8 Å². The SMILES string of the molecule is CCCn1c(=O)sc2cc(S(=O)(=O)NC(CC)c3ccc(S(C)(=O)=O)cc3)ccc21. The largest absolute Gasteiger partial charge is 0.308 e. The molecule has 0 aliphatic carbocycles. The Kier molecular flexibility index (Phi) is 6.51. The standard InChI is InChI=1S/C20H24N2O5S3/c1-4-12-22-18-11-10-16(13-19(18)28-20(22)23)30(26,27)21-17(5-2)14-6-8-15(9-7-14)29(3,24)25/h6-11,13,17,21H,4-5,12H2,1-3H3. The first-order valence-corrected chi connectivity index (χ1v) is 13.7. The first kappa shape index (κ1) is 22.7. The molecule has 30 heavy (non-hydrogen) atoms. The highest BCUT2D eigenvalue weighted by atomic mass is 32.2. The van der Waals surface area contributed by atoms with Crippen molar-refractivity contribution >= 4 is 41.4 Å². The highest BCUT2D eigenvalue weighted by Crippen LogP contribution is 2.25. The van der Waals surface area contributed by atoms with Gasteiger partial charge in [-0.2, -0.15) is 0 Å². The van der Waals surface area contributed by atoms with Crippen molar-refractivity contribution in [3.8, 4) is 0 Å². The van der Waals surface area contributed by atoms with Crippen molar-refractivity contribution in [2.24, 2.45) is 0 Å². The fourth-order valence-corrected chi connectivity index (χ4v) is 6.23. The first-order chi connectivity index (χ1) is 14.1. The Morgan fingerprint density at radius 1 is 1.00 bits per heavy atom. The lowest BCUT2D eigenvalue weighted by Crippen LogP contribution is -2.28. The Labute approximate surface area is 180 Å². The molecule has 2 aromatic carbocycles. The maximum atomic E-state index is 13.0. The number of nitrogens with zero attached hydrogens (tertiary/aromatic N) is 1. The summed E-state index contributed by atoms with van der Waals surface area (Å²) >= 11 is 1.03. The molecule has 1 N–H and O–H groups in total. The van der Waals surface area contributed by atoms with Gasteiger partial charge in [0.1, 0.15) is 0 Å². The summed E-state index contributed by atoms with van der Waals surface area (Å²) in [6.07, 6.45) is 2.42. The van der Waals surface area contributed by atoms with E-state index in [1.165, 1.54) is 24.3 Å². The molecule has 0 radical (unpaired) electrons. The molecule has 0 saturated carbocycles. The Morgan fingerprint density at radius 3 is 2.20 bits per heavy atom. The molecule has 1 atom stereocenters. The predicted octanol–water partition coefficient (Wildman–Crippen LogP) is 3.31. The summed E-state index contributed by atoms with van der Waals surface area (Å²) in [5, 5.41) is 0. The van der Waals surface area contributed by atoms with E-state index in [1.54, 1.807) is 22.8 Å². The van der Waals surface area contributed by atoms with Crippen LogP contribution in [0.3, 0.4) is 0 Å². The topological polar surface area (TPSA) is 102 Å². The van der Waals surface area contributed by atoms with Crippen LogP contribution in [-0.4, -0.2) is 27.7 Å². The summed E-state index contributed by atoms with van der Waals surface area (Å²) in [6.45, 7) is 4.41. The second-order valence-electron chi connectivity index (χ2n) is 7.07. The number of sulfonamides is 1. The minimum atomic E-state index is -3.84. The van der Waals surface area contributed by atoms with E-state index >= 15 is 0 Å². The molecule has 162 valence electrons. The second-order valence-corrected chi connectivity index (χ2v) is 11.8. The molecule has 0 fully saturated rings. The molecule has 0 bridgehead atoms. The van der Waals surface area contributed by atoms with Crippen LogP contribution >= 0.6 is 11.3 Å². The predicted molar refractivity (Wildman–Crippen MR) is 119 cm³/mol. The van der Waals surface area contributed by atoms with Crippen LogP contribution in [0.5, 0.6) is 0 Å². The number of sulfone groups is 1. The van der Waals surface area contributed by atoms with Crippen molar-refractivity contribution < 1.29 is 16.8 Å². The average molecular weight is 469 g/mol. The molecular formula is C20H24N2O5S3. The molecule has 10 heteroatoms. The van der Waals surface area contributed by atoms with Crippen LogP contribution in [0.15, 0.2) is 57.1 Å². The number of thiazole rings is 1. The quantitative estimate of drug-likeness (QED) is 0.546. The molecule has 1 unspecified atom stereocenters. The van der Waals surface area contributed by atoms with E-state index in [-0.39, 0.29) is 14.7 Å². The lowest BCUT2D eigenvalue weighted by molar-refractivity contribution is 0.550. The molecule has 0 aliphatic rings. The molecule has 1 heterocycles. The molecular weight excluding hydrogens is 444 g/mol. The van der Waals surface area contributed by atoms with Gasteiger partial charge in [-0.15, -0.1) is 0 Å². The molecule has 0 saturated heterocycles. The maximum absolute atomic E-state index is 13.0. The number of hydrogen-bond acceptors (Lipinski definition) is 6. The van der Waals surface area contributed by atoms with E-state index in [1.807, 2.05) is 13.8 Å². The van der Waals surface area contributed by atoms with Crippen LogP contribution in [0, 0.1) is 0 Å². The third-order valence-electron chi connectivity index (χ3n) is 4.81. The van der Waals surface area contributed by atoms with Crippen LogP contribution in [-0.2, 0) is 26.4 Å². The average Bonchev–Trinajstić information content (AvgIpc) is 3.00. The van der Waals surface area contributed by atoms with Crippen LogP contribution in [0.1, 0.15) is 38.3 Å². The lowest BCUT2D eigenvalue weighted by atomic mass is 10.1. The van der Waals surface area contributed by atoms with E-state index in [0.29, 0.717) is 23.2 Å². The van der Waals surface area contributed by atoms with Gasteiger partial charge in [0.05, 0.1) is 20.0 Å². The highest BCUT2D eigenvalue weighted by Gasteiger charge is 2.22. The number of fused-ring (bicyclic) bond motifs is 1. The minimum Gasteiger partial charge on any atom is -0.299 e. The van der Waals surface area contributed by atoms with Gasteiger partial charge in [-0.05, 0) is 48.7 Å². The van der Waals surface area contributed by atoms with Gasteiger partial charge in [0.2, 0.25) is 10.0 Å². The third kappa shape index (κ3) is 4.66. The van der Waals surface area contributed by atoms with Gasteiger partial charge in [-0.1, -0.05) is 37.3 Å². The molecule has 7 nitrogen and oxygen atoms in total. The summed E-state index contributed by atoms with van der Waals surface area (Å²) in [7, 11) is -7.16. The second kappa shape index (κ2) is 8.62. The molecule has 0 aliphatic heterocycles. The summed E-state index contributed by atoms with van der Waals surface area (Å²) in [5.41, 5.74) is 1.41. The highest BCUT2D eigenvalue weighted by molar-refractivity contribution is 7.90. The van der Waals surface area contributed by atoms with Crippen molar-refractivity contribution in [1.82, 2.24) is 9.29 Å². The summed E-state index contributed by atoms with van der Waals surface area (Å²) in [4.78, 5) is 12.3. The van der Waals surface area contributed by atoms with E-state index < -0.39 is 25.9 Å². The zero-order valence-electron chi connectivity index (χ0n) is 17.0. The van der Waals surface area contributed by atoms with Crippen LogP contribution in [0.25, 0.3) is 10.2 Å². The summed E-state index contributed by atoms with van der Waals surface area (Å²) in [6, 6.07) is 10.4. The summed E-state index contributed by atoms with van der Waals surface area (Å²) in [5.74, 6) is 0. The van der Waals surface area contributed by atoms with Crippen molar-refractivity contribution in [1.29, 1.82) is 0 Å². The van der Waals surface area contributed by atoms with Crippen molar-refractivity contribution in [2.75, 3.05) is 6.26 Å². The number of hydrogen-bond donors (Lipinski definition) is 1. The molecule has 3 rings (SSSR count). The van der Waals surface area contributed by atoms with Crippen molar-refractivity contribution in [2.45, 2.75) is 49.1 Å². The van der Waals surface area contributed by atoms with Gasteiger partial charge >= 0.3 is 4.87 Å². The Balaban J connectivity index is 1.91. The Morgan fingerprint density at radius 2 is 1.63 bits per heavy atom. The van der Waals surface area contributed by atoms with Gasteiger partial charge < -0.3 is 0 Å². The molecule has 0 amide bonds. The fraction of sp³-hybridized carbons (Fsp3) is 0.350. The number of nitrogens with one attached hydrogen (secondary N) is 1. The molecule has 3 aromatic rings. The van der Waals surface area contributed by atoms with Crippen LogP contribution < -0.4 is 9.60 Å². The molecule has 0 spiro atoms. The zero-order valence-corrected chi connectivity index (χ0v) is 19.4. The van der Waals surface area contributed by atoms with E-state index in [2.05, 4.69) is 4.72 Å². The third-order valence-corrected chi connectivity index (χ3v) is 8.35. The van der Waals surface area contributed by atoms with Crippen LogP contribution in [0.4, 0.5) is 0 Å². The fourth-order valence-electron chi connectivity index (χ4n) is 3.24. The normalized spacial score (nSPS) is 13.6. The van der Waals surface area contributed by atoms with E-state index in [4.69, 9.17) is 0 Å². The maximum Gasteiger partial charge on any atom is 0.308 e. The van der Waals surface area contributed by atoms with Gasteiger partial charge in [0.15, 0.2) is 9.84 Å². The smallest absolute Gasteiger partial charge is 0.299 e. The first-order valence-electron chi connectivity index (χ1n) is 9.52. The van der Waals surface area contributed by atoms with Gasteiger partial charge in [-0.25, -0.2) is 21.6 Å². The lowest BCUT2D eigenvalue weighted by Gasteiger charge is -2.18. The van der Waals surface area contributed by atoms with Gasteiger partial charge in [-0.3, -0.25) is 9.36 Å². The number of benzene rings is 2.